The lowest BCUT2D eigenvalue weighted by Crippen LogP contribution is -2.68. The number of aromatic hydroxyl groups is 2. The zero-order valence-electron chi connectivity index (χ0n) is 24.1. The number of fused-ring (bicyclic) bond motifs is 8. The lowest BCUT2D eigenvalue weighted by atomic mass is 9.69. The van der Waals surface area contributed by atoms with Crippen molar-refractivity contribution in [3.8, 4) is 17.2 Å². The fourth-order valence-corrected chi connectivity index (χ4v) is 7.56. The van der Waals surface area contributed by atoms with Crippen molar-refractivity contribution in [2.45, 2.75) is 88.6 Å². The molecule has 0 amide bonds. The number of ether oxygens (including phenoxy) is 2. The number of hydrogen-bond acceptors (Lipinski definition) is 10. The molecular formula is C31H37NO9. The van der Waals surface area contributed by atoms with Gasteiger partial charge >= 0.3 is 0 Å². The minimum Gasteiger partial charge on any atom is -0.507 e. The molecule has 2 aliphatic heterocycles. The van der Waals surface area contributed by atoms with E-state index in [4.69, 9.17) is 9.47 Å². The van der Waals surface area contributed by atoms with E-state index in [2.05, 4.69) is 0 Å². The smallest absolute Gasteiger partial charge is 0.228 e. The van der Waals surface area contributed by atoms with Gasteiger partial charge in [-0.25, -0.2) is 0 Å². The normalized spacial score (nSPS) is 33.7. The molecule has 10 nitrogen and oxygen atoms in total. The molecule has 7 unspecified atom stereocenters. The molecule has 0 spiro atoms. The number of likely N-dealkylation sites (N-methyl/N-ethyl adjacent to an activating group) is 1. The number of hydrogen-bond donors (Lipinski definition) is 5. The van der Waals surface area contributed by atoms with Crippen molar-refractivity contribution in [3.63, 3.8) is 0 Å². The molecule has 41 heavy (non-hydrogen) atoms. The first kappa shape index (κ1) is 28.1. The van der Waals surface area contributed by atoms with Gasteiger partial charge in [0, 0.05) is 23.1 Å². The first-order valence-corrected chi connectivity index (χ1v) is 14.0. The van der Waals surface area contributed by atoms with E-state index < -0.39 is 53.1 Å². The topological polar surface area (TPSA) is 157 Å². The maximum atomic E-state index is 14.2. The second-order valence-electron chi connectivity index (χ2n) is 13.2. The van der Waals surface area contributed by atoms with Crippen LogP contribution in [-0.4, -0.2) is 86.2 Å². The van der Waals surface area contributed by atoms with Gasteiger partial charge < -0.3 is 39.9 Å². The first-order valence-electron chi connectivity index (χ1n) is 14.0. The number of carbonyl (C=O) groups excluding carboxylic acids is 2. The highest BCUT2D eigenvalue weighted by molar-refractivity contribution is 6.31. The third kappa shape index (κ3) is 3.88. The molecule has 2 aliphatic carbocycles. The summed E-state index contributed by atoms with van der Waals surface area (Å²) in [5.74, 6) is -2.22. The van der Waals surface area contributed by atoms with Crippen LogP contribution in [-0.2, 0) is 16.8 Å². The number of nitrogens with zero attached hydrogens (tertiary/aromatic N) is 1. The minimum absolute atomic E-state index is 0.0507. The SMILES string of the molecule is CC(C)CC1CC(C)(O)Cc2cc3c(c(O)c21)C(=O)c1c(O)cc2c(c1C3=O)OC1OC2(C)C(O)C(N(C)C)C1O. The molecule has 2 heterocycles. The number of phenols is 2. The Balaban J connectivity index is 1.56. The monoisotopic (exact) mass is 567 g/mol. The highest BCUT2D eigenvalue weighted by Gasteiger charge is 2.59. The summed E-state index contributed by atoms with van der Waals surface area (Å²) in [6, 6.07) is 2.04. The summed E-state index contributed by atoms with van der Waals surface area (Å²) >= 11 is 0. The first-order chi connectivity index (χ1) is 19.1. The van der Waals surface area contributed by atoms with Crippen molar-refractivity contribution in [1.29, 1.82) is 0 Å². The Morgan fingerprint density at radius 2 is 1.73 bits per heavy atom. The van der Waals surface area contributed by atoms with Crippen LogP contribution in [0.5, 0.6) is 17.2 Å². The Morgan fingerprint density at radius 3 is 2.37 bits per heavy atom. The van der Waals surface area contributed by atoms with E-state index in [1.165, 1.54) is 6.07 Å². The number of phenolic OH excluding ortho intramolecular Hbond substituents is 2. The quantitative estimate of drug-likeness (QED) is 0.318. The third-order valence-electron chi connectivity index (χ3n) is 9.27. The summed E-state index contributed by atoms with van der Waals surface area (Å²) in [6.07, 6.45) is -2.57. The van der Waals surface area contributed by atoms with Gasteiger partial charge in [-0.3, -0.25) is 9.59 Å². The molecule has 1 fully saturated rings. The fraction of sp³-hybridized carbons (Fsp3) is 0.548. The Hall–Kier alpha value is -3.02. The van der Waals surface area contributed by atoms with Crippen molar-refractivity contribution in [2.24, 2.45) is 5.92 Å². The second kappa shape index (κ2) is 8.99. The van der Waals surface area contributed by atoms with Crippen LogP contribution in [0, 0.1) is 5.92 Å². The van der Waals surface area contributed by atoms with Crippen LogP contribution in [0.3, 0.4) is 0 Å². The van der Waals surface area contributed by atoms with Crippen molar-refractivity contribution < 1.29 is 44.6 Å². The molecule has 220 valence electrons. The summed E-state index contributed by atoms with van der Waals surface area (Å²) in [5.41, 5.74) is -1.98. The Morgan fingerprint density at radius 1 is 1.05 bits per heavy atom. The summed E-state index contributed by atoms with van der Waals surface area (Å²) in [6.45, 7) is 7.39. The maximum Gasteiger partial charge on any atom is 0.228 e. The van der Waals surface area contributed by atoms with Crippen molar-refractivity contribution in [1.82, 2.24) is 4.90 Å². The predicted octanol–water partition coefficient (Wildman–Crippen LogP) is 2.32. The van der Waals surface area contributed by atoms with Gasteiger partial charge in [0.25, 0.3) is 0 Å². The largest absolute Gasteiger partial charge is 0.507 e. The van der Waals surface area contributed by atoms with Gasteiger partial charge in [-0.1, -0.05) is 13.8 Å². The molecule has 4 aliphatic rings. The van der Waals surface area contributed by atoms with E-state index in [0.29, 0.717) is 24.0 Å². The van der Waals surface area contributed by atoms with E-state index in [9.17, 15) is 35.1 Å². The molecule has 2 aromatic rings. The van der Waals surface area contributed by atoms with Crippen molar-refractivity contribution in [2.75, 3.05) is 14.1 Å². The minimum atomic E-state index is -1.48. The molecule has 0 aromatic heterocycles. The molecule has 1 saturated heterocycles. The molecule has 10 heteroatoms. The Labute approximate surface area is 238 Å². The van der Waals surface area contributed by atoms with Crippen LogP contribution >= 0.6 is 0 Å². The van der Waals surface area contributed by atoms with E-state index in [1.54, 1.807) is 38.9 Å². The van der Waals surface area contributed by atoms with Crippen LogP contribution in [0.1, 0.15) is 95.0 Å². The van der Waals surface area contributed by atoms with Gasteiger partial charge in [0.2, 0.25) is 12.1 Å². The number of rotatable bonds is 3. The van der Waals surface area contributed by atoms with Gasteiger partial charge in [-0.05, 0) is 70.3 Å². The number of ketones is 2. The highest BCUT2D eigenvalue weighted by atomic mass is 16.7. The Bertz CT molecular complexity index is 1500. The summed E-state index contributed by atoms with van der Waals surface area (Å²) in [7, 11) is 3.39. The van der Waals surface area contributed by atoms with E-state index in [1.807, 2.05) is 13.8 Å². The van der Waals surface area contributed by atoms with E-state index >= 15 is 0 Å². The van der Waals surface area contributed by atoms with Gasteiger partial charge in [0.1, 0.15) is 35.1 Å². The zero-order valence-corrected chi connectivity index (χ0v) is 24.1. The van der Waals surface area contributed by atoms with Gasteiger partial charge in [-0.2, -0.15) is 0 Å². The average Bonchev–Trinajstić information content (AvgIpc) is 2.84. The van der Waals surface area contributed by atoms with Crippen molar-refractivity contribution >= 4 is 11.6 Å². The van der Waals surface area contributed by atoms with E-state index in [0.717, 1.165) is 0 Å². The summed E-state index contributed by atoms with van der Waals surface area (Å²) < 4.78 is 12.0. The third-order valence-corrected chi connectivity index (χ3v) is 9.27. The molecule has 5 N–H and O–H groups in total. The molecule has 0 radical (unpaired) electrons. The number of benzene rings is 2. The molecule has 0 saturated carbocycles. The van der Waals surface area contributed by atoms with Gasteiger partial charge in [0.05, 0.1) is 28.3 Å². The van der Waals surface area contributed by atoms with Crippen LogP contribution < -0.4 is 4.74 Å². The average molecular weight is 568 g/mol. The zero-order chi connectivity index (χ0) is 29.9. The predicted molar refractivity (Wildman–Crippen MR) is 147 cm³/mol. The Kier molecular flexibility index (Phi) is 6.16. The number of carbonyl (C=O) groups is 2. The number of aliphatic hydroxyl groups excluding tert-OH is 2. The van der Waals surface area contributed by atoms with Gasteiger partial charge in [0.15, 0.2) is 5.78 Å². The second-order valence-corrected chi connectivity index (χ2v) is 13.2. The number of aliphatic hydroxyl groups is 3. The lowest BCUT2D eigenvalue weighted by Gasteiger charge is -2.53. The fourth-order valence-electron chi connectivity index (χ4n) is 7.56. The van der Waals surface area contributed by atoms with Crippen LogP contribution in [0.4, 0.5) is 0 Å². The van der Waals surface area contributed by atoms with Crippen LogP contribution in [0.25, 0.3) is 0 Å². The summed E-state index contributed by atoms with van der Waals surface area (Å²) in [4.78, 5) is 29.9. The van der Waals surface area contributed by atoms with Crippen LogP contribution in [0.15, 0.2) is 12.1 Å². The molecule has 7 atom stereocenters. The molecular weight excluding hydrogens is 530 g/mol. The molecule has 2 aromatic carbocycles. The highest BCUT2D eigenvalue weighted by Crippen LogP contribution is 2.54. The summed E-state index contributed by atoms with van der Waals surface area (Å²) in [5, 5.41) is 56.1. The maximum absolute atomic E-state index is 14.2. The molecule has 2 bridgehead atoms. The van der Waals surface area contributed by atoms with Crippen LogP contribution in [0.2, 0.25) is 0 Å². The molecule has 6 rings (SSSR count). The van der Waals surface area contributed by atoms with Crippen molar-refractivity contribution in [3.05, 3.63) is 51.1 Å². The standard InChI is InChI=1S/C31H37NO9/c1-12(2)7-13-10-30(3,39)11-14-8-15-19(24(35)18(13)14)25(36)20-17(33)9-16-27(21(20)23(15)34)40-29-26(37)22(32(5)6)28(38)31(16,4)41-29/h8-9,12-13,22,26,28-29,33,35,37-39H,7,10-11H2,1-6H3. The van der Waals surface area contributed by atoms with Gasteiger partial charge in [-0.15, -0.1) is 0 Å². The lowest BCUT2D eigenvalue weighted by molar-refractivity contribution is -0.311. The van der Waals surface area contributed by atoms with E-state index in [-0.39, 0.29) is 57.6 Å².